The van der Waals surface area contributed by atoms with E-state index in [0.717, 1.165) is 17.5 Å². The molecule has 1 aromatic heterocycles. The standard InChI is InChI=1S/C16H15NO4/c1-10-14(5-7-21-10)15(18)17-6-4-11-2-3-12(16(19)20)8-13(11)9-17/h2-3,5,7-8H,4,6,9H2,1H3,(H,19,20). The van der Waals surface area contributed by atoms with Gasteiger partial charge in [-0.05, 0) is 42.7 Å². The fourth-order valence-electron chi connectivity index (χ4n) is 2.64. The molecule has 0 saturated carbocycles. The highest BCUT2D eigenvalue weighted by molar-refractivity contribution is 5.95. The predicted molar refractivity (Wildman–Crippen MR) is 75.3 cm³/mol. The second kappa shape index (κ2) is 5.09. The fraction of sp³-hybridized carbons (Fsp3) is 0.250. The monoisotopic (exact) mass is 285 g/mol. The maximum absolute atomic E-state index is 12.5. The Balaban J connectivity index is 1.87. The molecule has 1 N–H and O–H groups in total. The molecule has 0 spiro atoms. The smallest absolute Gasteiger partial charge is 0.335 e. The third-order valence-electron chi connectivity index (χ3n) is 3.84. The number of carboxylic acids is 1. The summed E-state index contributed by atoms with van der Waals surface area (Å²) in [5, 5.41) is 9.06. The number of furan rings is 1. The van der Waals surface area contributed by atoms with E-state index in [1.807, 2.05) is 6.07 Å². The topological polar surface area (TPSA) is 70.8 Å². The second-order valence-corrected chi connectivity index (χ2v) is 5.16. The van der Waals surface area contributed by atoms with Crippen LogP contribution in [-0.2, 0) is 13.0 Å². The number of aromatic carboxylic acids is 1. The highest BCUT2D eigenvalue weighted by Gasteiger charge is 2.24. The number of hydrogen-bond acceptors (Lipinski definition) is 3. The Morgan fingerprint density at radius 2 is 2.05 bits per heavy atom. The molecule has 21 heavy (non-hydrogen) atoms. The van der Waals surface area contributed by atoms with Crippen molar-refractivity contribution in [2.24, 2.45) is 0 Å². The number of fused-ring (bicyclic) bond motifs is 1. The summed E-state index contributed by atoms with van der Waals surface area (Å²) >= 11 is 0. The number of carboxylic acid groups (broad SMARTS) is 1. The molecule has 5 heteroatoms. The van der Waals surface area contributed by atoms with Gasteiger partial charge in [-0.15, -0.1) is 0 Å². The van der Waals surface area contributed by atoms with Crippen LogP contribution < -0.4 is 0 Å². The summed E-state index contributed by atoms with van der Waals surface area (Å²) in [6.45, 7) is 2.82. The van der Waals surface area contributed by atoms with Gasteiger partial charge in [0.05, 0.1) is 17.4 Å². The Morgan fingerprint density at radius 1 is 1.24 bits per heavy atom. The van der Waals surface area contributed by atoms with Crippen LogP contribution in [0.3, 0.4) is 0 Å². The maximum atomic E-state index is 12.5. The van der Waals surface area contributed by atoms with Gasteiger partial charge in [-0.3, -0.25) is 4.79 Å². The third-order valence-corrected chi connectivity index (χ3v) is 3.84. The number of nitrogens with zero attached hydrogens (tertiary/aromatic N) is 1. The van der Waals surface area contributed by atoms with Crippen molar-refractivity contribution in [3.63, 3.8) is 0 Å². The molecule has 0 fully saturated rings. The summed E-state index contributed by atoms with van der Waals surface area (Å²) in [5.41, 5.74) is 2.82. The number of rotatable bonds is 2. The lowest BCUT2D eigenvalue weighted by molar-refractivity contribution is 0.0696. The minimum atomic E-state index is -0.952. The van der Waals surface area contributed by atoms with Crippen LogP contribution in [0.15, 0.2) is 34.9 Å². The molecular formula is C16H15NO4. The largest absolute Gasteiger partial charge is 0.478 e. The molecule has 1 aliphatic rings. The molecule has 0 saturated heterocycles. The molecule has 0 atom stereocenters. The third kappa shape index (κ3) is 2.42. The van der Waals surface area contributed by atoms with Gasteiger partial charge in [0, 0.05) is 13.1 Å². The van der Waals surface area contributed by atoms with Gasteiger partial charge in [0.25, 0.3) is 5.91 Å². The highest BCUT2D eigenvalue weighted by Crippen LogP contribution is 2.23. The van der Waals surface area contributed by atoms with Crippen molar-refractivity contribution in [3.8, 4) is 0 Å². The van der Waals surface area contributed by atoms with E-state index in [-0.39, 0.29) is 11.5 Å². The number of aryl methyl sites for hydroxylation is 1. The molecule has 0 bridgehead atoms. The summed E-state index contributed by atoms with van der Waals surface area (Å²) in [5.74, 6) is -0.426. The molecule has 0 aliphatic carbocycles. The number of carbonyl (C=O) groups excluding carboxylic acids is 1. The first-order valence-corrected chi connectivity index (χ1v) is 6.74. The number of amides is 1. The molecule has 1 aliphatic heterocycles. The molecule has 2 aromatic rings. The van der Waals surface area contributed by atoms with Crippen LogP contribution in [0.4, 0.5) is 0 Å². The SMILES string of the molecule is Cc1occc1C(=O)N1CCc2ccc(C(=O)O)cc2C1. The highest BCUT2D eigenvalue weighted by atomic mass is 16.4. The summed E-state index contributed by atoms with van der Waals surface area (Å²) in [6.07, 6.45) is 2.24. The van der Waals surface area contributed by atoms with Gasteiger partial charge in [-0.2, -0.15) is 0 Å². The van der Waals surface area contributed by atoms with E-state index in [9.17, 15) is 9.59 Å². The average Bonchev–Trinajstić information content (AvgIpc) is 2.91. The van der Waals surface area contributed by atoms with Crippen molar-refractivity contribution >= 4 is 11.9 Å². The maximum Gasteiger partial charge on any atom is 0.335 e. The van der Waals surface area contributed by atoms with Gasteiger partial charge in [0.2, 0.25) is 0 Å². The predicted octanol–water partition coefficient (Wildman–Crippen LogP) is 2.48. The first kappa shape index (κ1) is 13.4. The van der Waals surface area contributed by atoms with Crippen molar-refractivity contribution in [2.75, 3.05) is 6.54 Å². The van der Waals surface area contributed by atoms with Crippen LogP contribution in [0.1, 0.15) is 37.6 Å². The van der Waals surface area contributed by atoms with Gasteiger partial charge in [0.15, 0.2) is 0 Å². The van der Waals surface area contributed by atoms with Crippen LogP contribution in [0, 0.1) is 6.92 Å². The van der Waals surface area contributed by atoms with Crippen molar-refractivity contribution in [1.29, 1.82) is 0 Å². The molecule has 0 radical (unpaired) electrons. The average molecular weight is 285 g/mol. The van der Waals surface area contributed by atoms with Gasteiger partial charge in [-0.1, -0.05) is 6.07 Å². The van der Waals surface area contributed by atoms with E-state index >= 15 is 0 Å². The summed E-state index contributed by atoms with van der Waals surface area (Å²) < 4.78 is 5.17. The Hall–Kier alpha value is -2.56. The zero-order valence-corrected chi connectivity index (χ0v) is 11.6. The zero-order chi connectivity index (χ0) is 15.0. The fourth-order valence-corrected chi connectivity index (χ4v) is 2.64. The van der Waals surface area contributed by atoms with Crippen molar-refractivity contribution in [1.82, 2.24) is 4.90 Å². The molecule has 1 aromatic carbocycles. The molecule has 0 unspecified atom stereocenters. The lowest BCUT2D eigenvalue weighted by Crippen LogP contribution is -2.36. The van der Waals surface area contributed by atoms with E-state index in [1.165, 1.54) is 6.26 Å². The minimum absolute atomic E-state index is 0.0763. The Labute approximate surface area is 121 Å². The van der Waals surface area contributed by atoms with E-state index in [0.29, 0.717) is 24.4 Å². The summed E-state index contributed by atoms with van der Waals surface area (Å²) in [7, 11) is 0. The summed E-state index contributed by atoms with van der Waals surface area (Å²) in [6, 6.07) is 6.77. The van der Waals surface area contributed by atoms with Crippen LogP contribution >= 0.6 is 0 Å². The zero-order valence-electron chi connectivity index (χ0n) is 11.6. The van der Waals surface area contributed by atoms with Gasteiger partial charge >= 0.3 is 5.97 Å². The molecular weight excluding hydrogens is 270 g/mol. The minimum Gasteiger partial charge on any atom is -0.478 e. The normalized spacial score (nSPS) is 13.9. The van der Waals surface area contributed by atoms with Gasteiger partial charge in [0.1, 0.15) is 5.76 Å². The first-order chi connectivity index (χ1) is 10.1. The van der Waals surface area contributed by atoms with Crippen molar-refractivity contribution < 1.29 is 19.1 Å². The Morgan fingerprint density at radius 3 is 2.71 bits per heavy atom. The number of benzene rings is 1. The lowest BCUT2D eigenvalue weighted by atomic mass is 9.97. The quantitative estimate of drug-likeness (QED) is 0.920. The molecule has 3 rings (SSSR count). The van der Waals surface area contributed by atoms with Crippen LogP contribution in [0.25, 0.3) is 0 Å². The first-order valence-electron chi connectivity index (χ1n) is 6.74. The van der Waals surface area contributed by atoms with Crippen LogP contribution in [0.5, 0.6) is 0 Å². The van der Waals surface area contributed by atoms with Crippen LogP contribution in [-0.4, -0.2) is 28.4 Å². The molecule has 1 amide bonds. The van der Waals surface area contributed by atoms with Crippen molar-refractivity contribution in [2.45, 2.75) is 19.9 Å². The van der Waals surface area contributed by atoms with E-state index in [4.69, 9.17) is 9.52 Å². The second-order valence-electron chi connectivity index (χ2n) is 5.16. The van der Waals surface area contributed by atoms with Gasteiger partial charge in [-0.25, -0.2) is 4.79 Å². The number of carbonyl (C=O) groups is 2. The number of hydrogen-bond donors (Lipinski definition) is 1. The molecule has 108 valence electrons. The van der Waals surface area contributed by atoms with Gasteiger partial charge < -0.3 is 14.4 Å². The van der Waals surface area contributed by atoms with Crippen LogP contribution in [0.2, 0.25) is 0 Å². The van der Waals surface area contributed by atoms with Crippen molar-refractivity contribution in [3.05, 3.63) is 58.5 Å². The van der Waals surface area contributed by atoms with E-state index in [2.05, 4.69) is 0 Å². The Bertz CT molecular complexity index is 717. The molecule has 2 heterocycles. The Kier molecular flexibility index (Phi) is 3.25. The molecule has 5 nitrogen and oxygen atoms in total. The van der Waals surface area contributed by atoms with E-state index in [1.54, 1.807) is 30.0 Å². The summed E-state index contributed by atoms with van der Waals surface area (Å²) in [4.78, 5) is 25.2. The van der Waals surface area contributed by atoms with E-state index < -0.39 is 5.97 Å². The lowest BCUT2D eigenvalue weighted by Gasteiger charge is -2.29.